The molecular formula is C13H13N2O3+. The average Bonchev–Trinajstić information content (AvgIpc) is 2.40. The standard InChI is InChI=1S/C13H12N2O3/c16-13(17)14(11-7-3-1-4-8-11)15(18)12-9-5-2-6-10-12/h1-10,18H,(H,16,17)/p+1. The van der Waals surface area contributed by atoms with Crippen LogP contribution < -0.4 is 10.2 Å². The third kappa shape index (κ3) is 2.48. The minimum Gasteiger partial charge on any atom is -0.433 e. The summed E-state index contributed by atoms with van der Waals surface area (Å²) in [5.74, 6) is 0. The van der Waals surface area contributed by atoms with E-state index in [2.05, 4.69) is 0 Å². The van der Waals surface area contributed by atoms with Crippen molar-refractivity contribution in [2.24, 2.45) is 0 Å². The van der Waals surface area contributed by atoms with Crippen molar-refractivity contribution < 1.29 is 20.1 Å². The van der Waals surface area contributed by atoms with Crippen molar-refractivity contribution in [2.45, 2.75) is 0 Å². The van der Waals surface area contributed by atoms with Gasteiger partial charge >= 0.3 is 6.09 Å². The van der Waals surface area contributed by atoms with E-state index in [9.17, 15) is 15.1 Å². The zero-order valence-corrected chi connectivity index (χ0v) is 9.52. The van der Waals surface area contributed by atoms with E-state index in [1.54, 1.807) is 60.7 Å². The monoisotopic (exact) mass is 245 g/mol. The molecule has 0 radical (unpaired) electrons. The van der Waals surface area contributed by atoms with Gasteiger partial charge in [-0.2, -0.15) is 4.79 Å². The molecule has 2 aromatic carbocycles. The first-order valence-electron chi connectivity index (χ1n) is 5.40. The molecule has 1 unspecified atom stereocenters. The summed E-state index contributed by atoms with van der Waals surface area (Å²) in [4.78, 5) is 11.3. The van der Waals surface area contributed by atoms with Crippen LogP contribution in [0.25, 0.3) is 0 Å². The average molecular weight is 245 g/mol. The lowest BCUT2D eigenvalue weighted by molar-refractivity contribution is -0.791. The van der Waals surface area contributed by atoms with Gasteiger partial charge in [0.15, 0.2) is 5.69 Å². The number of carbonyl (C=O) groups is 1. The molecule has 2 aromatic rings. The zero-order valence-electron chi connectivity index (χ0n) is 9.52. The number of carboxylic acid groups (broad SMARTS) is 1. The number of quaternary nitrogens is 1. The molecule has 0 bridgehead atoms. The van der Waals surface area contributed by atoms with Crippen LogP contribution in [0.3, 0.4) is 0 Å². The highest BCUT2D eigenvalue weighted by atomic mass is 16.6. The van der Waals surface area contributed by atoms with Gasteiger partial charge < -0.3 is 5.11 Å². The minimum absolute atomic E-state index is 0.179. The Labute approximate surface area is 104 Å². The summed E-state index contributed by atoms with van der Waals surface area (Å²) in [6.45, 7) is 0. The van der Waals surface area contributed by atoms with Gasteiger partial charge in [-0.25, -0.2) is 5.21 Å². The SMILES string of the molecule is O=C(O)[NH+](c1ccccc1)N(O)c1ccccc1. The van der Waals surface area contributed by atoms with E-state index >= 15 is 0 Å². The predicted octanol–water partition coefficient (Wildman–Crippen LogP) is 1.69. The molecule has 1 atom stereocenters. The van der Waals surface area contributed by atoms with E-state index in [-0.39, 0.29) is 5.01 Å². The smallest absolute Gasteiger partial charge is 0.433 e. The van der Waals surface area contributed by atoms with Crippen molar-refractivity contribution in [2.75, 3.05) is 5.17 Å². The second kappa shape index (κ2) is 5.31. The highest BCUT2D eigenvalue weighted by Gasteiger charge is 2.29. The van der Waals surface area contributed by atoms with Crippen LogP contribution in [0.4, 0.5) is 16.2 Å². The second-order valence-corrected chi connectivity index (χ2v) is 3.67. The van der Waals surface area contributed by atoms with Gasteiger partial charge in [-0.15, -0.1) is 0 Å². The molecule has 3 N–H and O–H groups in total. The molecule has 5 heteroatoms. The molecule has 1 amide bonds. The maximum atomic E-state index is 11.3. The van der Waals surface area contributed by atoms with E-state index in [0.717, 1.165) is 0 Å². The van der Waals surface area contributed by atoms with Crippen LogP contribution in [0.2, 0.25) is 0 Å². The topological polar surface area (TPSA) is 65.2 Å². The first-order valence-corrected chi connectivity index (χ1v) is 5.40. The largest absolute Gasteiger partial charge is 0.544 e. The predicted molar refractivity (Wildman–Crippen MR) is 65.8 cm³/mol. The van der Waals surface area contributed by atoms with Crippen molar-refractivity contribution in [1.82, 2.24) is 0 Å². The molecule has 0 aliphatic heterocycles. The highest BCUT2D eigenvalue weighted by molar-refractivity contribution is 5.60. The Balaban J connectivity index is 2.35. The molecular weight excluding hydrogens is 232 g/mol. The van der Waals surface area contributed by atoms with Crippen LogP contribution in [-0.2, 0) is 0 Å². The van der Waals surface area contributed by atoms with Gasteiger partial charge in [0, 0.05) is 12.1 Å². The van der Waals surface area contributed by atoms with Gasteiger partial charge in [0.05, 0.1) is 0 Å². The van der Waals surface area contributed by atoms with Crippen molar-refractivity contribution in [3.63, 3.8) is 0 Å². The molecule has 0 aliphatic rings. The van der Waals surface area contributed by atoms with Crippen LogP contribution in [0, 0.1) is 0 Å². The number of benzene rings is 2. The Morgan fingerprint density at radius 1 is 0.944 bits per heavy atom. The molecule has 18 heavy (non-hydrogen) atoms. The maximum absolute atomic E-state index is 11.3. The Morgan fingerprint density at radius 3 is 1.94 bits per heavy atom. The fraction of sp³-hybridized carbons (Fsp3) is 0. The molecule has 92 valence electrons. The molecule has 0 spiro atoms. The number of amides is 1. The first kappa shape index (κ1) is 12.1. The number of nitrogens with one attached hydrogen (secondary N) is 1. The molecule has 5 nitrogen and oxygen atoms in total. The molecule has 0 aromatic heterocycles. The van der Waals surface area contributed by atoms with Gasteiger partial charge in [-0.1, -0.05) is 46.6 Å². The summed E-state index contributed by atoms with van der Waals surface area (Å²) in [6, 6.07) is 17.0. The van der Waals surface area contributed by atoms with Crippen molar-refractivity contribution >= 4 is 17.5 Å². The van der Waals surface area contributed by atoms with E-state index in [0.29, 0.717) is 16.5 Å². The summed E-state index contributed by atoms with van der Waals surface area (Å²) < 4.78 is 0. The van der Waals surface area contributed by atoms with Gasteiger partial charge in [0.2, 0.25) is 0 Å². The number of hydrogen-bond acceptors (Lipinski definition) is 3. The van der Waals surface area contributed by atoms with Crippen LogP contribution in [0.1, 0.15) is 0 Å². The number of hydrogen-bond donors (Lipinski definition) is 3. The number of anilines is 1. The molecule has 0 saturated carbocycles. The quantitative estimate of drug-likeness (QED) is 0.720. The van der Waals surface area contributed by atoms with Gasteiger partial charge in [0.1, 0.15) is 5.69 Å². The van der Waals surface area contributed by atoms with Gasteiger partial charge in [-0.3, -0.25) is 0 Å². The second-order valence-electron chi connectivity index (χ2n) is 3.67. The Bertz CT molecular complexity index is 516. The summed E-state index contributed by atoms with van der Waals surface area (Å²) in [7, 11) is 0. The van der Waals surface area contributed by atoms with Crippen molar-refractivity contribution in [3.05, 3.63) is 60.7 Å². The summed E-state index contributed by atoms with van der Waals surface area (Å²) >= 11 is 0. The van der Waals surface area contributed by atoms with E-state index in [1.165, 1.54) is 0 Å². The Hall–Kier alpha value is -2.37. The number of rotatable bonds is 3. The van der Waals surface area contributed by atoms with E-state index in [1.807, 2.05) is 0 Å². The lowest BCUT2D eigenvalue weighted by atomic mass is 10.3. The Kier molecular flexibility index (Phi) is 3.57. The summed E-state index contributed by atoms with van der Waals surface area (Å²) in [5.41, 5.74) is 0.843. The third-order valence-corrected chi connectivity index (χ3v) is 2.46. The van der Waals surface area contributed by atoms with Crippen LogP contribution >= 0.6 is 0 Å². The fourth-order valence-corrected chi connectivity index (χ4v) is 1.63. The maximum Gasteiger partial charge on any atom is 0.544 e. The lowest BCUT2D eigenvalue weighted by Crippen LogP contribution is -3.16. The normalized spacial score (nSPS) is 11.8. The molecule has 0 heterocycles. The number of para-hydroxylation sites is 2. The van der Waals surface area contributed by atoms with Crippen molar-refractivity contribution in [3.8, 4) is 0 Å². The fourth-order valence-electron chi connectivity index (χ4n) is 1.63. The Morgan fingerprint density at radius 2 is 1.44 bits per heavy atom. The van der Waals surface area contributed by atoms with Crippen LogP contribution in [0.5, 0.6) is 0 Å². The molecule has 0 aliphatic carbocycles. The molecule has 0 saturated heterocycles. The van der Waals surface area contributed by atoms with Gasteiger partial charge in [-0.05, 0) is 12.1 Å². The molecule has 2 rings (SSSR count). The van der Waals surface area contributed by atoms with Crippen LogP contribution in [0.15, 0.2) is 60.7 Å². The first-order chi connectivity index (χ1) is 8.70. The lowest BCUT2D eigenvalue weighted by Gasteiger charge is -2.21. The van der Waals surface area contributed by atoms with E-state index in [4.69, 9.17) is 0 Å². The molecule has 0 fully saturated rings. The zero-order chi connectivity index (χ0) is 13.0. The highest BCUT2D eigenvalue weighted by Crippen LogP contribution is 2.09. The van der Waals surface area contributed by atoms with Crippen molar-refractivity contribution in [1.29, 1.82) is 0 Å². The minimum atomic E-state index is -1.19. The summed E-state index contributed by atoms with van der Waals surface area (Å²) in [5, 5.41) is 19.7. The number of nitrogens with zero attached hydrogens (tertiary/aromatic N) is 1. The third-order valence-electron chi connectivity index (χ3n) is 2.46. The van der Waals surface area contributed by atoms with Gasteiger partial charge in [0.25, 0.3) is 0 Å². The van der Waals surface area contributed by atoms with Crippen LogP contribution in [-0.4, -0.2) is 16.4 Å². The summed E-state index contributed by atoms with van der Waals surface area (Å²) in [6.07, 6.45) is -1.19. The van der Waals surface area contributed by atoms with E-state index < -0.39 is 6.09 Å².